The summed E-state index contributed by atoms with van der Waals surface area (Å²) in [6, 6.07) is 18.2. The van der Waals surface area contributed by atoms with Crippen LogP contribution in [0, 0.1) is 22.7 Å². The number of fused-ring (bicyclic) bond motifs is 1. The molecule has 0 saturated heterocycles. The molecule has 31 heavy (non-hydrogen) atoms. The minimum atomic E-state index is -0.470. The molecule has 2 aromatic carbocycles. The maximum absolute atomic E-state index is 13.1. The SMILES string of the molecule is N#Cc1cccc(Oc2cnc3c(C#N)c(C4(c5ccc(Cl)cc5)CC4)[nH]n3c2=O)c1. The van der Waals surface area contributed by atoms with Gasteiger partial charge in [0.25, 0.3) is 0 Å². The number of aromatic nitrogens is 3. The molecule has 0 atom stereocenters. The summed E-state index contributed by atoms with van der Waals surface area (Å²) in [4.78, 5) is 17.4. The number of nitrogens with zero attached hydrogens (tertiary/aromatic N) is 4. The standard InChI is InChI=1S/C23H14ClN5O2/c24-16-6-4-15(5-7-16)23(8-9-23)20-18(12-26)21-27-13-19(22(30)29(21)28-20)31-17-3-1-2-14(10-17)11-25/h1-7,10,13,28H,8-9H2. The van der Waals surface area contributed by atoms with Crippen molar-refractivity contribution in [3.8, 4) is 23.6 Å². The fourth-order valence-corrected chi connectivity index (χ4v) is 3.98. The molecule has 1 N–H and O–H groups in total. The maximum atomic E-state index is 13.1. The summed E-state index contributed by atoms with van der Waals surface area (Å²) in [5.41, 5.74) is 1.84. The number of aromatic amines is 1. The summed E-state index contributed by atoms with van der Waals surface area (Å²) in [6.45, 7) is 0. The van der Waals surface area contributed by atoms with Crippen molar-refractivity contribution in [2.45, 2.75) is 18.3 Å². The lowest BCUT2D eigenvalue weighted by molar-refractivity contribution is 0.469. The van der Waals surface area contributed by atoms with Crippen molar-refractivity contribution in [2.75, 3.05) is 0 Å². The molecular weight excluding hydrogens is 414 g/mol. The Morgan fingerprint density at radius 2 is 1.90 bits per heavy atom. The average Bonchev–Trinajstić information content (AvgIpc) is 3.50. The van der Waals surface area contributed by atoms with Crippen LogP contribution >= 0.6 is 11.6 Å². The lowest BCUT2D eigenvalue weighted by atomic mass is 9.90. The van der Waals surface area contributed by atoms with Gasteiger partial charge in [0.05, 0.1) is 23.5 Å². The van der Waals surface area contributed by atoms with Crippen LogP contribution in [0.25, 0.3) is 5.65 Å². The van der Waals surface area contributed by atoms with Gasteiger partial charge in [0.1, 0.15) is 17.4 Å². The van der Waals surface area contributed by atoms with Crippen LogP contribution < -0.4 is 10.3 Å². The number of hydrogen-bond acceptors (Lipinski definition) is 5. The monoisotopic (exact) mass is 427 g/mol. The van der Waals surface area contributed by atoms with Gasteiger partial charge in [-0.1, -0.05) is 29.8 Å². The van der Waals surface area contributed by atoms with Gasteiger partial charge in [0.15, 0.2) is 5.65 Å². The van der Waals surface area contributed by atoms with Gasteiger partial charge in [-0.05, 0) is 48.7 Å². The van der Waals surface area contributed by atoms with E-state index in [1.54, 1.807) is 18.2 Å². The third-order valence-corrected chi connectivity index (χ3v) is 5.81. The lowest BCUT2D eigenvalue weighted by Gasteiger charge is -2.14. The minimum Gasteiger partial charge on any atom is -0.450 e. The highest BCUT2D eigenvalue weighted by Gasteiger charge is 2.49. The molecule has 7 nitrogen and oxygen atoms in total. The first kappa shape index (κ1) is 18.9. The second-order valence-electron chi connectivity index (χ2n) is 7.39. The summed E-state index contributed by atoms with van der Waals surface area (Å²) >= 11 is 6.03. The highest BCUT2D eigenvalue weighted by molar-refractivity contribution is 6.30. The molecule has 2 aromatic heterocycles. The van der Waals surface area contributed by atoms with Crippen molar-refractivity contribution in [1.82, 2.24) is 14.6 Å². The van der Waals surface area contributed by atoms with Crippen molar-refractivity contribution in [1.29, 1.82) is 10.5 Å². The summed E-state index contributed by atoms with van der Waals surface area (Å²) in [7, 11) is 0. The van der Waals surface area contributed by atoms with E-state index in [1.807, 2.05) is 30.3 Å². The summed E-state index contributed by atoms with van der Waals surface area (Å²) in [5.74, 6) is 0.339. The molecule has 5 rings (SSSR count). The zero-order chi connectivity index (χ0) is 21.6. The Morgan fingerprint density at radius 3 is 2.58 bits per heavy atom. The highest BCUT2D eigenvalue weighted by Crippen LogP contribution is 2.54. The first-order valence-electron chi connectivity index (χ1n) is 9.54. The van der Waals surface area contributed by atoms with Crippen molar-refractivity contribution >= 4 is 17.2 Å². The van der Waals surface area contributed by atoms with Gasteiger partial charge < -0.3 is 4.74 Å². The number of halogens is 1. The predicted octanol–water partition coefficient (Wildman–Crippen LogP) is 4.29. The van der Waals surface area contributed by atoms with E-state index in [0.29, 0.717) is 27.6 Å². The second-order valence-corrected chi connectivity index (χ2v) is 7.83. The molecule has 0 radical (unpaired) electrons. The molecule has 0 unspecified atom stereocenters. The molecule has 8 heteroatoms. The fraction of sp³-hybridized carbons (Fsp3) is 0.130. The van der Waals surface area contributed by atoms with Crippen LogP contribution in [0.1, 0.15) is 35.2 Å². The number of benzene rings is 2. The molecule has 4 aromatic rings. The number of rotatable bonds is 4. The number of nitriles is 2. The van der Waals surface area contributed by atoms with Crippen LogP contribution in [-0.4, -0.2) is 14.6 Å². The fourth-order valence-electron chi connectivity index (χ4n) is 3.85. The van der Waals surface area contributed by atoms with E-state index in [2.05, 4.69) is 16.2 Å². The van der Waals surface area contributed by atoms with Crippen molar-refractivity contribution in [3.05, 3.63) is 92.5 Å². The largest absolute Gasteiger partial charge is 0.450 e. The van der Waals surface area contributed by atoms with Gasteiger partial charge in [-0.2, -0.15) is 15.0 Å². The Balaban J connectivity index is 1.62. The molecule has 150 valence electrons. The Hall–Kier alpha value is -4.07. The van der Waals surface area contributed by atoms with Crippen molar-refractivity contribution in [2.24, 2.45) is 0 Å². The Kier molecular flexibility index (Phi) is 4.28. The van der Waals surface area contributed by atoms with E-state index in [1.165, 1.54) is 16.8 Å². The van der Waals surface area contributed by atoms with Crippen LogP contribution in [-0.2, 0) is 5.41 Å². The number of ether oxygens (including phenoxy) is 1. The van der Waals surface area contributed by atoms with E-state index in [-0.39, 0.29) is 16.8 Å². The average molecular weight is 428 g/mol. The molecule has 1 aliphatic rings. The van der Waals surface area contributed by atoms with Gasteiger partial charge in [0.2, 0.25) is 5.75 Å². The zero-order valence-electron chi connectivity index (χ0n) is 16.1. The lowest BCUT2D eigenvalue weighted by Crippen LogP contribution is -2.17. The first-order chi connectivity index (χ1) is 15.1. The van der Waals surface area contributed by atoms with Crippen molar-refractivity contribution < 1.29 is 4.74 Å². The maximum Gasteiger partial charge on any atom is 0.315 e. The summed E-state index contributed by atoms with van der Waals surface area (Å²) < 4.78 is 6.92. The molecule has 0 spiro atoms. The van der Waals surface area contributed by atoms with Gasteiger partial charge >= 0.3 is 5.56 Å². The molecule has 1 aliphatic carbocycles. The molecule has 0 aliphatic heterocycles. The highest BCUT2D eigenvalue weighted by atomic mass is 35.5. The first-order valence-corrected chi connectivity index (χ1v) is 9.92. The normalized spacial score (nSPS) is 14.0. The minimum absolute atomic E-state index is 0.0128. The third kappa shape index (κ3) is 3.04. The predicted molar refractivity (Wildman–Crippen MR) is 113 cm³/mol. The summed E-state index contributed by atoms with van der Waals surface area (Å²) in [6.07, 6.45) is 2.99. The number of hydrogen-bond donors (Lipinski definition) is 1. The topological polar surface area (TPSA) is 107 Å². The summed E-state index contributed by atoms with van der Waals surface area (Å²) in [5, 5.41) is 22.6. The Morgan fingerprint density at radius 1 is 1.13 bits per heavy atom. The van der Waals surface area contributed by atoms with Gasteiger partial charge in [0, 0.05) is 10.4 Å². The van der Waals surface area contributed by atoms with Gasteiger partial charge in [-0.3, -0.25) is 9.89 Å². The molecule has 1 fully saturated rings. The van der Waals surface area contributed by atoms with Crippen LogP contribution in [0.5, 0.6) is 11.5 Å². The van der Waals surface area contributed by atoms with Gasteiger partial charge in [-0.15, -0.1) is 0 Å². The molecular formula is C23H14ClN5O2. The second kappa shape index (κ2) is 7.02. The van der Waals surface area contributed by atoms with Crippen molar-refractivity contribution in [3.63, 3.8) is 0 Å². The smallest absolute Gasteiger partial charge is 0.315 e. The van der Waals surface area contributed by atoms with E-state index in [9.17, 15) is 10.1 Å². The van der Waals surface area contributed by atoms with Crippen LogP contribution in [0.3, 0.4) is 0 Å². The van der Waals surface area contributed by atoms with E-state index in [4.69, 9.17) is 21.6 Å². The number of nitrogens with one attached hydrogen (secondary N) is 1. The zero-order valence-corrected chi connectivity index (χ0v) is 16.8. The number of H-pyrrole nitrogens is 1. The van der Waals surface area contributed by atoms with Crippen LogP contribution in [0.4, 0.5) is 0 Å². The van der Waals surface area contributed by atoms with Crippen LogP contribution in [0.2, 0.25) is 5.02 Å². The third-order valence-electron chi connectivity index (χ3n) is 5.56. The van der Waals surface area contributed by atoms with E-state index >= 15 is 0 Å². The molecule has 2 heterocycles. The van der Waals surface area contributed by atoms with E-state index in [0.717, 1.165) is 18.4 Å². The Bertz CT molecular complexity index is 1470. The van der Waals surface area contributed by atoms with Gasteiger partial charge in [-0.25, -0.2) is 4.98 Å². The molecule has 0 bridgehead atoms. The quantitative estimate of drug-likeness (QED) is 0.522. The Labute approximate surface area is 181 Å². The molecule has 1 saturated carbocycles. The van der Waals surface area contributed by atoms with E-state index < -0.39 is 5.56 Å². The molecule has 0 amide bonds. The van der Waals surface area contributed by atoms with Crippen LogP contribution in [0.15, 0.2) is 59.5 Å².